The summed E-state index contributed by atoms with van der Waals surface area (Å²) in [5, 5.41) is 17.9. The third-order valence-electron chi connectivity index (χ3n) is 3.31. The van der Waals surface area contributed by atoms with Gasteiger partial charge in [0.1, 0.15) is 6.04 Å². The van der Waals surface area contributed by atoms with Crippen molar-refractivity contribution < 1.29 is 24.2 Å². The molecule has 0 aliphatic rings. The number of hydrogen-bond donors (Lipinski definition) is 3. The number of alkyl halides is 1. The molecule has 2 atom stereocenters. The zero-order chi connectivity index (χ0) is 15.8. The lowest BCUT2D eigenvalue weighted by atomic mass is 9.92. The molecule has 0 spiro atoms. The number of rotatable bonds is 9. The Labute approximate surface area is 122 Å². The maximum absolute atomic E-state index is 12.1. The molecule has 0 saturated carbocycles. The molecule has 0 amide bonds. The highest BCUT2D eigenvalue weighted by Gasteiger charge is 2.24. The molecule has 0 fully saturated rings. The first-order chi connectivity index (χ1) is 9.93. The van der Waals surface area contributed by atoms with E-state index in [1.165, 1.54) is 0 Å². The second-order valence-corrected chi connectivity index (χ2v) is 5.03. The summed E-state index contributed by atoms with van der Waals surface area (Å²) in [7, 11) is 0. The van der Waals surface area contributed by atoms with E-state index in [0.717, 1.165) is 11.1 Å². The van der Waals surface area contributed by atoms with Gasteiger partial charge in [0.15, 0.2) is 0 Å². The van der Waals surface area contributed by atoms with Gasteiger partial charge >= 0.3 is 11.9 Å². The van der Waals surface area contributed by atoms with Gasteiger partial charge in [-0.15, -0.1) is 0 Å². The molecule has 1 aromatic rings. The molecule has 116 valence electrons. The summed E-state index contributed by atoms with van der Waals surface area (Å²) in [5.74, 6) is -3.11. The van der Waals surface area contributed by atoms with Gasteiger partial charge in [-0.2, -0.15) is 0 Å². The van der Waals surface area contributed by atoms with Gasteiger partial charge in [0.2, 0.25) is 0 Å². The standard InChI is InChI=1S/C15H20FNO4/c16-7-1-2-10-3-5-11(6-4-10)8-12(14(18)19)9-13(17)15(20)21/h3-6,12-13H,1-2,7-9,17H2,(H,18,19)(H,20,21)/t12?,13-/m0/s1. The Kier molecular flexibility index (Phi) is 6.81. The first-order valence-electron chi connectivity index (χ1n) is 6.79. The Hall–Kier alpha value is -1.95. The minimum atomic E-state index is -1.21. The van der Waals surface area contributed by atoms with E-state index in [2.05, 4.69) is 0 Å². The first-order valence-corrected chi connectivity index (χ1v) is 6.79. The van der Waals surface area contributed by atoms with Gasteiger partial charge in [0.05, 0.1) is 12.6 Å². The number of hydrogen-bond acceptors (Lipinski definition) is 3. The summed E-state index contributed by atoms with van der Waals surface area (Å²) in [6, 6.07) is 6.06. The van der Waals surface area contributed by atoms with Crippen molar-refractivity contribution in [2.45, 2.75) is 31.7 Å². The Balaban J connectivity index is 2.66. The first kappa shape index (κ1) is 17.1. The lowest BCUT2D eigenvalue weighted by molar-refractivity contribution is -0.143. The molecule has 0 bridgehead atoms. The maximum atomic E-state index is 12.1. The average Bonchev–Trinajstić information content (AvgIpc) is 2.45. The van der Waals surface area contributed by atoms with Crippen molar-refractivity contribution in [1.82, 2.24) is 0 Å². The summed E-state index contributed by atoms with van der Waals surface area (Å²) < 4.78 is 12.1. The lowest BCUT2D eigenvalue weighted by Crippen LogP contribution is -2.35. The maximum Gasteiger partial charge on any atom is 0.320 e. The van der Waals surface area contributed by atoms with Gasteiger partial charge < -0.3 is 15.9 Å². The fraction of sp³-hybridized carbons (Fsp3) is 0.467. The van der Waals surface area contributed by atoms with E-state index in [1.54, 1.807) is 12.1 Å². The predicted octanol–water partition coefficient (Wildman–Crippen LogP) is 1.63. The molecule has 0 aliphatic carbocycles. The molecule has 0 aliphatic heterocycles. The van der Waals surface area contributed by atoms with Crippen LogP contribution in [0.4, 0.5) is 4.39 Å². The van der Waals surface area contributed by atoms with E-state index >= 15 is 0 Å². The minimum Gasteiger partial charge on any atom is -0.481 e. The summed E-state index contributed by atoms with van der Waals surface area (Å²) in [6.45, 7) is -0.365. The van der Waals surface area contributed by atoms with Crippen molar-refractivity contribution in [2.75, 3.05) is 6.67 Å². The summed E-state index contributed by atoms with van der Waals surface area (Å²) in [4.78, 5) is 21.9. The molecular formula is C15H20FNO4. The number of nitrogens with two attached hydrogens (primary N) is 1. The van der Waals surface area contributed by atoms with Crippen LogP contribution in [0.2, 0.25) is 0 Å². The summed E-state index contributed by atoms with van der Waals surface area (Å²) >= 11 is 0. The monoisotopic (exact) mass is 297 g/mol. The molecule has 4 N–H and O–H groups in total. The van der Waals surface area contributed by atoms with E-state index in [9.17, 15) is 14.0 Å². The third-order valence-corrected chi connectivity index (χ3v) is 3.31. The molecule has 21 heavy (non-hydrogen) atoms. The van der Waals surface area contributed by atoms with E-state index in [4.69, 9.17) is 15.9 Å². The van der Waals surface area contributed by atoms with E-state index in [1.807, 2.05) is 12.1 Å². The molecule has 0 heterocycles. The quantitative estimate of drug-likeness (QED) is 0.643. The van der Waals surface area contributed by atoms with Gasteiger partial charge in [0, 0.05) is 0 Å². The molecule has 1 unspecified atom stereocenters. The van der Waals surface area contributed by atoms with Crippen LogP contribution in [-0.2, 0) is 22.4 Å². The van der Waals surface area contributed by atoms with Crippen molar-refractivity contribution in [3.63, 3.8) is 0 Å². The van der Waals surface area contributed by atoms with Crippen molar-refractivity contribution >= 4 is 11.9 Å². The largest absolute Gasteiger partial charge is 0.481 e. The highest BCUT2D eigenvalue weighted by atomic mass is 19.1. The topological polar surface area (TPSA) is 101 Å². The van der Waals surface area contributed by atoms with Crippen LogP contribution in [0.15, 0.2) is 24.3 Å². The molecule has 6 heteroatoms. The summed E-state index contributed by atoms with van der Waals surface area (Å²) in [5.41, 5.74) is 7.18. The number of aliphatic carboxylic acids is 2. The second kappa shape index (κ2) is 8.36. The van der Waals surface area contributed by atoms with Crippen molar-refractivity contribution in [3.8, 4) is 0 Å². The number of carbonyl (C=O) groups is 2. The number of halogens is 1. The Morgan fingerprint density at radius 1 is 1.10 bits per heavy atom. The van der Waals surface area contributed by atoms with E-state index in [-0.39, 0.29) is 19.5 Å². The van der Waals surface area contributed by atoms with Gasteiger partial charge in [-0.3, -0.25) is 14.0 Å². The molecule has 0 aromatic heterocycles. The SMILES string of the molecule is N[C@@H](CC(Cc1ccc(CCCF)cc1)C(=O)O)C(=O)O. The van der Waals surface area contributed by atoms with Crippen LogP contribution in [0, 0.1) is 5.92 Å². The highest BCUT2D eigenvalue weighted by Crippen LogP contribution is 2.16. The highest BCUT2D eigenvalue weighted by molar-refractivity contribution is 5.76. The van der Waals surface area contributed by atoms with Gasteiger partial charge in [-0.25, -0.2) is 0 Å². The Morgan fingerprint density at radius 2 is 1.67 bits per heavy atom. The van der Waals surface area contributed by atoms with Gasteiger partial charge in [0.25, 0.3) is 0 Å². The number of benzene rings is 1. The van der Waals surface area contributed by atoms with Crippen LogP contribution in [0.1, 0.15) is 24.0 Å². The Bertz CT molecular complexity index is 475. The fourth-order valence-electron chi connectivity index (χ4n) is 2.08. The van der Waals surface area contributed by atoms with Crippen LogP contribution in [0.3, 0.4) is 0 Å². The molecule has 0 radical (unpaired) electrons. The lowest BCUT2D eigenvalue weighted by Gasteiger charge is -2.15. The average molecular weight is 297 g/mol. The predicted molar refractivity (Wildman–Crippen MR) is 75.8 cm³/mol. The van der Waals surface area contributed by atoms with Crippen molar-refractivity contribution in [1.29, 1.82) is 0 Å². The fourth-order valence-corrected chi connectivity index (χ4v) is 2.08. The Morgan fingerprint density at radius 3 is 2.14 bits per heavy atom. The summed E-state index contributed by atoms with van der Waals surface area (Å²) in [6.07, 6.45) is 1.21. The molecular weight excluding hydrogens is 277 g/mol. The molecule has 0 saturated heterocycles. The van der Waals surface area contributed by atoms with Gasteiger partial charge in [-0.05, 0) is 36.8 Å². The molecule has 5 nitrogen and oxygen atoms in total. The minimum absolute atomic E-state index is 0.117. The van der Waals surface area contributed by atoms with Crippen LogP contribution in [0.25, 0.3) is 0 Å². The van der Waals surface area contributed by atoms with E-state index in [0.29, 0.717) is 12.8 Å². The molecule has 1 aromatic carbocycles. The molecule has 1 rings (SSSR count). The smallest absolute Gasteiger partial charge is 0.320 e. The number of carboxylic acid groups (broad SMARTS) is 2. The second-order valence-electron chi connectivity index (χ2n) is 5.03. The van der Waals surface area contributed by atoms with Crippen molar-refractivity contribution in [3.05, 3.63) is 35.4 Å². The van der Waals surface area contributed by atoms with Gasteiger partial charge in [-0.1, -0.05) is 24.3 Å². The zero-order valence-electron chi connectivity index (χ0n) is 11.7. The zero-order valence-corrected chi connectivity index (χ0v) is 11.7. The van der Waals surface area contributed by atoms with Crippen LogP contribution in [0.5, 0.6) is 0 Å². The van der Waals surface area contributed by atoms with Crippen LogP contribution < -0.4 is 5.73 Å². The van der Waals surface area contributed by atoms with Crippen LogP contribution >= 0.6 is 0 Å². The number of aryl methyl sites for hydroxylation is 1. The third kappa shape index (κ3) is 5.91. The number of carboxylic acids is 2. The van der Waals surface area contributed by atoms with Crippen LogP contribution in [-0.4, -0.2) is 34.9 Å². The normalized spacial score (nSPS) is 13.6. The van der Waals surface area contributed by atoms with E-state index < -0.39 is 23.9 Å². The van der Waals surface area contributed by atoms with Crippen molar-refractivity contribution in [2.24, 2.45) is 11.7 Å².